The lowest BCUT2D eigenvalue weighted by atomic mass is 9.95. The van der Waals surface area contributed by atoms with Gasteiger partial charge in [-0.1, -0.05) is 12.1 Å². The average Bonchev–Trinajstić information content (AvgIpc) is 3.37. The van der Waals surface area contributed by atoms with E-state index in [0.29, 0.717) is 29.7 Å². The summed E-state index contributed by atoms with van der Waals surface area (Å²) >= 11 is 0. The second-order valence-corrected chi connectivity index (χ2v) is 6.73. The summed E-state index contributed by atoms with van der Waals surface area (Å²) in [4.78, 5) is 23.3. The smallest absolute Gasteiger partial charge is 0.312 e. The van der Waals surface area contributed by atoms with Crippen LogP contribution in [0, 0.1) is 11.3 Å². The molecule has 2 aromatic rings. The van der Waals surface area contributed by atoms with Crippen LogP contribution in [0.25, 0.3) is 11.3 Å². The van der Waals surface area contributed by atoms with Gasteiger partial charge in [0.2, 0.25) is 5.95 Å². The number of anilines is 1. The fraction of sp³-hybridized carbons (Fsp3) is 0.421. The van der Waals surface area contributed by atoms with Crippen LogP contribution in [0.5, 0.6) is 5.75 Å². The van der Waals surface area contributed by atoms with Crippen molar-refractivity contribution in [2.75, 3.05) is 24.6 Å². The molecule has 2 heterocycles. The number of hydrogen-bond donors (Lipinski definition) is 1. The highest BCUT2D eigenvalue weighted by Gasteiger charge is 2.63. The lowest BCUT2D eigenvalue weighted by molar-refractivity contribution is -0.150. The predicted molar refractivity (Wildman–Crippen MR) is 93.1 cm³/mol. The van der Waals surface area contributed by atoms with E-state index < -0.39 is 0 Å². The number of esters is 1. The third kappa shape index (κ3) is 2.71. The van der Waals surface area contributed by atoms with E-state index in [1.807, 2.05) is 19.1 Å². The molecule has 6 nitrogen and oxygen atoms in total. The van der Waals surface area contributed by atoms with E-state index in [1.165, 1.54) is 0 Å². The van der Waals surface area contributed by atoms with Crippen molar-refractivity contribution >= 4 is 11.9 Å². The van der Waals surface area contributed by atoms with E-state index in [-0.39, 0.29) is 17.1 Å². The second kappa shape index (κ2) is 6.02. The molecule has 0 amide bonds. The standard InChI is InChI=1S/C19H21N3O3/c1-2-25-17(24)19-8-10-22(12-13(19)11-19)18-20-9-7-15(21-18)14-5-3-4-6-16(14)23/h3-7,9,13,23H,2,8,10-12H2,1H3/t13-,19+/m0/s1. The third-order valence-electron chi connectivity index (χ3n) is 5.29. The molecule has 1 aromatic carbocycles. The van der Waals surface area contributed by atoms with Gasteiger partial charge < -0.3 is 14.7 Å². The molecule has 130 valence electrons. The number of para-hydroxylation sites is 1. The number of rotatable bonds is 4. The van der Waals surface area contributed by atoms with Crippen molar-refractivity contribution in [2.45, 2.75) is 19.8 Å². The minimum Gasteiger partial charge on any atom is -0.507 e. The van der Waals surface area contributed by atoms with E-state index in [2.05, 4.69) is 14.9 Å². The Labute approximate surface area is 146 Å². The van der Waals surface area contributed by atoms with Crippen LogP contribution >= 0.6 is 0 Å². The first-order chi connectivity index (χ1) is 12.1. The number of phenols is 1. The van der Waals surface area contributed by atoms with Gasteiger partial charge in [0.1, 0.15) is 5.75 Å². The summed E-state index contributed by atoms with van der Waals surface area (Å²) in [6.07, 6.45) is 3.38. The topological polar surface area (TPSA) is 75.5 Å². The van der Waals surface area contributed by atoms with Crippen LogP contribution in [-0.2, 0) is 9.53 Å². The van der Waals surface area contributed by atoms with Crippen molar-refractivity contribution in [1.82, 2.24) is 9.97 Å². The van der Waals surface area contributed by atoms with Crippen molar-refractivity contribution in [3.8, 4) is 17.0 Å². The molecule has 2 atom stereocenters. The van der Waals surface area contributed by atoms with Gasteiger partial charge in [0, 0.05) is 24.8 Å². The van der Waals surface area contributed by atoms with Crippen LogP contribution in [0.1, 0.15) is 19.8 Å². The minimum absolute atomic E-state index is 0.0523. The van der Waals surface area contributed by atoms with Gasteiger partial charge in [0.15, 0.2) is 0 Å². The van der Waals surface area contributed by atoms with Crippen LogP contribution in [0.4, 0.5) is 5.95 Å². The Balaban J connectivity index is 1.52. The molecule has 1 saturated carbocycles. The summed E-state index contributed by atoms with van der Waals surface area (Å²) in [6.45, 7) is 3.78. The third-order valence-corrected chi connectivity index (χ3v) is 5.29. The summed E-state index contributed by atoms with van der Waals surface area (Å²) in [5.41, 5.74) is 1.11. The van der Waals surface area contributed by atoms with Crippen LogP contribution in [0.2, 0.25) is 0 Å². The van der Waals surface area contributed by atoms with Crippen LogP contribution in [-0.4, -0.2) is 40.7 Å². The zero-order valence-corrected chi connectivity index (χ0v) is 14.2. The largest absolute Gasteiger partial charge is 0.507 e. The van der Waals surface area contributed by atoms with E-state index >= 15 is 0 Å². The Morgan fingerprint density at radius 1 is 1.40 bits per heavy atom. The normalized spacial score (nSPS) is 24.5. The van der Waals surface area contributed by atoms with Gasteiger partial charge in [-0.05, 0) is 43.9 Å². The summed E-state index contributed by atoms with van der Waals surface area (Å²) in [5.74, 6) is 1.11. The number of carbonyl (C=O) groups excluding carboxylic acids is 1. The molecule has 1 aliphatic heterocycles. The Morgan fingerprint density at radius 2 is 2.24 bits per heavy atom. The van der Waals surface area contributed by atoms with E-state index in [4.69, 9.17) is 4.74 Å². The number of fused-ring (bicyclic) bond motifs is 1. The van der Waals surface area contributed by atoms with Crippen molar-refractivity contribution in [3.05, 3.63) is 36.5 Å². The molecule has 0 radical (unpaired) electrons. The molecular formula is C19H21N3O3. The number of benzene rings is 1. The van der Waals surface area contributed by atoms with Crippen molar-refractivity contribution in [2.24, 2.45) is 11.3 Å². The highest BCUT2D eigenvalue weighted by Crippen LogP contribution is 2.58. The second-order valence-electron chi connectivity index (χ2n) is 6.73. The fourth-order valence-electron chi connectivity index (χ4n) is 3.77. The zero-order valence-electron chi connectivity index (χ0n) is 14.2. The first-order valence-electron chi connectivity index (χ1n) is 8.67. The van der Waals surface area contributed by atoms with E-state index in [9.17, 15) is 9.90 Å². The van der Waals surface area contributed by atoms with Crippen LogP contribution < -0.4 is 4.90 Å². The number of aromatic hydroxyl groups is 1. The maximum Gasteiger partial charge on any atom is 0.312 e. The molecule has 2 fully saturated rings. The summed E-state index contributed by atoms with van der Waals surface area (Å²) in [6, 6.07) is 8.94. The predicted octanol–water partition coefficient (Wildman–Crippen LogP) is 2.63. The quantitative estimate of drug-likeness (QED) is 0.863. The molecule has 0 unspecified atom stereocenters. The Hall–Kier alpha value is -2.63. The summed E-state index contributed by atoms with van der Waals surface area (Å²) < 4.78 is 5.24. The lowest BCUT2D eigenvalue weighted by Gasteiger charge is -2.30. The summed E-state index contributed by atoms with van der Waals surface area (Å²) in [5, 5.41) is 10.0. The van der Waals surface area contributed by atoms with Gasteiger partial charge in [0.25, 0.3) is 0 Å². The van der Waals surface area contributed by atoms with Gasteiger partial charge in [-0.25, -0.2) is 9.97 Å². The Bertz CT molecular complexity index is 810. The minimum atomic E-state index is -0.276. The van der Waals surface area contributed by atoms with E-state index in [0.717, 1.165) is 25.9 Å². The molecule has 0 bridgehead atoms. The number of ether oxygens (including phenoxy) is 1. The monoisotopic (exact) mass is 339 g/mol. The number of aromatic nitrogens is 2. The molecule has 25 heavy (non-hydrogen) atoms. The SMILES string of the molecule is CCOC(=O)[C@@]12CCN(c3nccc(-c4ccccc4O)n3)C[C@@H]1C2. The highest BCUT2D eigenvalue weighted by molar-refractivity contribution is 5.81. The number of nitrogens with zero attached hydrogens (tertiary/aromatic N) is 3. The van der Waals surface area contributed by atoms with E-state index in [1.54, 1.807) is 24.4 Å². The Morgan fingerprint density at radius 3 is 3.00 bits per heavy atom. The first-order valence-corrected chi connectivity index (χ1v) is 8.67. The molecule has 1 N–H and O–H groups in total. The number of phenolic OH excluding ortho intramolecular Hbond substituents is 1. The molecule has 6 heteroatoms. The molecule has 4 rings (SSSR count). The molecule has 1 aliphatic carbocycles. The molecular weight excluding hydrogens is 318 g/mol. The maximum atomic E-state index is 12.2. The molecule has 0 spiro atoms. The van der Waals surface area contributed by atoms with Gasteiger partial charge >= 0.3 is 5.97 Å². The fourth-order valence-corrected chi connectivity index (χ4v) is 3.77. The molecule has 1 aromatic heterocycles. The maximum absolute atomic E-state index is 12.2. The van der Waals surface area contributed by atoms with Gasteiger partial charge in [-0.3, -0.25) is 4.79 Å². The zero-order chi connectivity index (χ0) is 17.4. The number of piperidine rings is 1. The summed E-state index contributed by atoms with van der Waals surface area (Å²) in [7, 11) is 0. The van der Waals surface area contributed by atoms with Crippen molar-refractivity contribution in [1.29, 1.82) is 0 Å². The van der Waals surface area contributed by atoms with Gasteiger partial charge in [-0.2, -0.15) is 0 Å². The highest BCUT2D eigenvalue weighted by atomic mass is 16.5. The first kappa shape index (κ1) is 15.9. The number of hydrogen-bond acceptors (Lipinski definition) is 6. The molecule has 2 aliphatic rings. The van der Waals surface area contributed by atoms with Crippen LogP contribution in [0.15, 0.2) is 36.5 Å². The van der Waals surface area contributed by atoms with Crippen LogP contribution in [0.3, 0.4) is 0 Å². The lowest BCUT2D eigenvalue weighted by Crippen LogP contribution is -2.39. The number of carbonyl (C=O) groups is 1. The van der Waals surface area contributed by atoms with Gasteiger partial charge in [0.05, 0.1) is 17.7 Å². The van der Waals surface area contributed by atoms with Gasteiger partial charge in [-0.15, -0.1) is 0 Å². The van der Waals surface area contributed by atoms with Crippen molar-refractivity contribution in [3.63, 3.8) is 0 Å². The molecule has 1 saturated heterocycles. The average molecular weight is 339 g/mol. The van der Waals surface area contributed by atoms with Crippen molar-refractivity contribution < 1.29 is 14.6 Å². The Kier molecular flexibility index (Phi) is 3.82.